The number of hydrogen-bond acceptors (Lipinski definition) is 1. The fraction of sp³-hybridized carbons (Fsp3) is 0.176. The fourth-order valence-electron chi connectivity index (χ4n) is 2.95. The summed E-state index contributed by atoms with van der Waals surface area (Å²) in [7, 11) is 2.08. The van der Waals surface area contributed by atoms with Crippen LogP contribution < -0.4 is 4.57 Å². The van der Waals surface area contributed by atoms with Crippen LogP contribution in [0.25, 0.3) is 28.5 Å². The third-order valence-corrected chi connectivity index (χ3v) is 3.99. The smallest absolute Gasteiger partial charge is 0.212 e. The summed E-state index contributed by atoms with van der Waals surface area (Å²) in [5.74, 6) is 1.13. The van der Waals surface area contributed by atoms with Crippen LogP contribution in [0.5, 0.6) is 0 Å². The van der Waals surface area contributed by atoms with Crippen molar-refractivity contribution >= 4 is 17.2 Å². The molecule has 1 aliphatic heterocycles. The van der Waals surface area contributed by atoms with Gasteiger partial charge < -0.3 is 4.57 Å². The van der Waals surface area contributed by atoms with Gasteiger partial charge in [0.2, 0.25) is 5.69 Å². The molecule has 1 aliphatic rings. The van der Waals surface area contributed by atoms with Gasteiger partial charge in [-0.3, -0.25) is 0 Å². The Morgan fingerprint density at radius 2 is 2.15 bits per heavy atom. The number of aryl methyl sites for hydroxylation is 2. The van der Waals surface area contributed by atoms with Gasteiger partial charge in [0.15, 0.2) is 6.20 Å². The molecule has 0 radical (unpaired) electrons. The van der Waals surface area contributed by atoms with Crippen molar-refractivity contribution in [2.24, 2.45) is 7.05 Å². The molecule has 0 saturated heterocycles. The molecule has 3 heteroatoms. The molecule has 0 fully saturated rings. The van der Waals surface area contributed by atoms with Gasteiger partial charge >= 0.3 is 0 Å². The zero-order chi connectivity index (χ0) is 13.7. The average Bonchev–Trinajstić information content (AvgIpc) is 3.00. The van der Waals surface area contributed by atoms with E-state index in [9.17, 15) is 0 Å². The van der Waals surface area contributed by atoms with Gasteiger partial charge in [-0.25, -0.2) is 9.55 Å². The number of allylic oxidation sites excluding steroid dienone is 1. The quantitative estimate of drug-likeness (QED) is 0.618. The third-order valence-electron chi connectivity index (χ3n) is 3.99. The molecule has 0 spiro atoms. The summed E-state index contributed by atoms with van der Waals surface area (Å²) in [5.41, 5.74) is 6.03. The molecule has 0 bridgehead atoms. The monoisotopic (exact) mass is 262 g/mol. The first-order valence-electron chi connectivity index (χ1n) is 6.87. The normalized spacial score (nSPS) is 13.1. The predicted molar refractivity (Wildman–Crippen MR) is 80.1 cm³/mol. The first-order valence-corrected chi connectivity index (χ1v) is 6.87. The first-order chi connectivity index (χ1) is 9.74. The van der Waals surface area contributed by atoms with Crippen LogP contribution in [0.2, 0.25) is 0 Å². The zero-order valence-corrected chi connectivity index (χ0v) is 11.7. The van der Waals surface area contributed by atoms with Crippen molar-refractivity contribution in [1.29, 1.82) is 0 Å². The van der Waals surface area contributed by atoms with Gasteiger partial charge in [0.05, 0.1) is 16.6 Å². The number of nitrogens with zero attached hydrogens (tertiary/aromatic N) is 3. The first kappa shape index (κ1) is 11.4. The summed E-state index contributed by atoms with van der Waals surface area (Å²) >= 11 is 0. The van der Waals surface area contributed by atoms with Gasteiger partial charge in [-0.15, -0.1) is 0 Å². The summed E-state index contributed by atoms with van der Waals surface area (Å²) in [6, 6.07) is 10.7. The Morgan fingerprint density at radius 3 is 3.00 bits per heavy atom. The molecular formula is C17H16N3+. The van der Waals surface area contributed by atoms with Gasteiger partial charge in [0.25, 0.3) is 0 Å². The Balaban J connectivity index is 2.00. The average molecular weight is 262 g/mol. The minimum absolute atomic E-state index is 0.933. The lowest BCUT2D eigenvalue weighted by Crippen LogP contribution is -2.30. The number of benzene rings is 1. The van der Waals surface area contributed by atoms with E-state index in [1.54, 1.807) is 0 Å². The third kappa shape index (κ3) is 1.53. The van der Waals surface area contributed by atoms with Gasteiger partial charge in [-0.05, 0) is 30.7 Å². The molecule has 98 valence electrons. The number of hydrogen-bond donors (Lipinski definition) is 0. The minimum Gasteiger partial charge on any atom is -0.303 e. The van der Waals surface area contributed by atoms with E-state index in [1.807, 2.05) is 6.07 Å². The van der Waals surface area contributed by atoms with Gasteiger partial charge in [0.1, 0.15) is 12.9 Å². The Bertz CT molecular complexity index is 856. The van der Waals surface area contributed by atoms with E-state index in [-0.39, 0.29) is 0 Å². The van der Waals surface area contributed by atoms with Crippen molar-refractivity contribution in [2.45, 2.75) is 13.3 Å². The van der Waals surface area contributed by atoms with E-state index in [0.29, 0.717) is 0 Å². The number of pyridine rings is 1. The van der Waals surface area contributed by atoms with Crippen molar-refractivity contribution in [1.82, 2.24) is 9.55 Å². The Kier molecular flexibility index (Phi) is 2.30. The number of aromatic nitrogens is 3. The summed E-state index contributed by atoms with van der Waals surface area (Å²) in [6.45, 7) is 2.17. The Morgan fingerprint density at radius 1 is 1.25 bits per heavy atom. The highest BCUT2D eigenvalue weighted by atomic mass is 15.1. The van der Waals surface area contributed by atoms with E-state index in [4.69, 9.17) is 4.98 Å². The molecule has 3 nitrogen and oxygen atoms in total. The van der Waals surface area contributed by atoms with Crippen molar-refractivity contribution in [2.75, 3.05) is 0 Å². The van der Waals surface area contributed by atoms with E-state index in [1.165, 1.54) is 22.3 Å². The van der Waals surface area contributed by atoms with Crippen molar-refractivity contribution in [3.63, 3.8) is 0 Å². The van der Waals surface area contributed by atoms with Crippen LogP contribution >= 0.6 is 0 Å². The minimum atomic E-state index is 0.933. The molecule has 0 amide bonds. The van der Waals surface area contributed by atoms with Crippen LogP contribution in [0, 0.1) is 6.92 Å². The second-order valence-electron chi connectivity index (χ2n) is 5.34. The second-order valence-corrected chi connectivity index (χ2v) is 5.34. The molecule has 3 aromatic rings. The van der Waals surface area contributed by atoms with Crippen LogP contribution in [0.3, 0.4) is 0 Å². The number of rotatable bonds is 1. The molecule has 2 aromatic heterocycles. The van der Waals surface area contributed by atoms with Crippen LogP contribution in [0.1, 0.15) is 11.4 Å². The van der Waals surface area contributed by atoms with Crippen LogP contribution in [0.15, 0.2) is 42.6 Å². The molecule has 0 aliphatic carbocycles. The lowest BCUT2D eigenvalue weighted by atomic mass is 10.0. The molecule has 20 heavy (non-hydrogen) atoms. The van der Waals surface area contributed by atoms with Crippen molar-refractivity contribution < 1.29 is 4.57 Å². The van der Waals surface area contributed by atoms with E-state index in [0.717, 1.165) is 17.8 Å². The maximum atomic E-state index is 4.74. The summed E-state index contributed by atoms with van der Waals surface area (Å²) in [4.78, 5) is 4.74. The number of fused-ring (bicyclic) bond motifs is 3. The predicted octanol–water partition coefficient (Wildman–Crippen LogP) is 2.86. The van der Waals surface area contributed by atoms with E-state index >= 15 is 0 Å². The fourth-order valence-corrected chi connectivity index (χ4v) is 2.95. The Hall–Kier alpha value is -2.42. The summed E-state index contributed by atoms with van der Waals surface area (Å²) < 4.78 is 4.34. The maximum Gasteiger partial charge on any atom is 0.212 e. The van der Waals surface area contributed by atoms with E-state index < -0.39 is 0 Å². The van der Waals surface area contributed by atoms with Gasteiger partial charge in [-0.1, -0.05) is 6.08 Å². The molecule has 1 aromatic carbocycles. The highest BCUT2D eigenvalue weighted by Gasteiger charge is 2.17. The molecular weight excluding hydrogens is 246 g/mol. The summed E-state index contributed by atoms with van der Waals surface area (Å²) in [5, 5.41) is 0. The lowest BCUT2D eigenvalue weighted by molar-refractivity contribution is -0.660. The molecule has 0 unspecified atom stereocenters. The lowest BCUT2D eigenvalue weighted by Gasteiger charge is -2.05. The van der Waals surface area contributed by atoms with E-state index in [2.05, 4.69) is 65.8 Å². The van der Waals surface area contributed by atoms with Crippen LogP contribution in [-0.4, -0.2) is 9.55 Å². The number of imidazole rings is 1. The highest BCUT2D eigenvalue weighted by molar-refractivity contribution is 5.85. The molecule has 3 heterocycles. The second kappa shape index (κ2) is 4.04. The largest absolute Gasteiger partial charge is 0.303 e. The highest BCUT2D eigenvalue weighted by Crippen LogP contribution is 2.28. The summed E-state index contributed by atoms with van der Waals surface area (Å²) in [6.07, 6.45) is 7.28. The Labute approximate surface area is 117 Å². The standard InChI is InChI=1S/C17H16N3/c1-12-10-16-14(18-17-7-5-9-20(16)17)11-13(12)15-6-3-4-8-19(15)2/h3-6,8-11H,7H2,1-2H3/q+1. The molecule has 0 N–H and O–H groups in total. The van der Waals surface area contributed by atoms with Crippen LogP contribution in [-0.2, 0) is 13.5 Å². The molecule has 0 saturated carbocycles. The topological polar surface area (TPSA) is 21.7 Å². The van der Waals surface area contributed by atoms with Gasteiger partial charge in [-0.2, -0.15) is 0 Å². The van der Waals surface area contributed by atoms with Crippen molar-refractivity contribution in [3.05, 3.63) is 54.0 Å². The molecule has 0 atom stereocenters. The zero-order valence-electron chi connectivity index (χ0n) is 11.7. The van der Waals surface area contributed by atoms with Gasteiger partial charge in [0, 0.05) is 24.8 Å². The molecule has 4 rings (SSSR count). The van der Waals surface area contributed by atoms with Crippen LogP contribution in [0.4, 0.5) is 0 Å². The van der Waals surface area contributed by atoms with Crippen molar-refractivity contribution in [3.8, 4) is 11.3 Å². The maximum absolute atomic E-state index is 4.74. The SMILES string of the molecule is Cc1cc2c(cc1-c1cccc[n+]1C)nc1n2C=CC1.